The Morgan fingerprint density at radius 2 is 1.84 bits per heavy atom. The highest BCUT2D eigenvalue weighted by Crippen LogP contribution is 2.13. The van der Waals surface area contributed by atoms with Crippen molar-refractivity contribution in [3.63, 3.8) is 0 Å². The van der Waals surface area contributed by atoms with E-state index in [1.807, 2.05) is 18.2 Å². The molecule has 0 bridgehead atoms. The van der Waals surface area contributed by atoms with Gasteiger partial charge in [-0.1, -0.05) is 53.5 Å². The van der Waals surface area contributed by atoms with Gasteiger partial charge in [-0.25, -0.2) is 4.98 Å². The summed E-state index contributed by atoms with van der Waals surface area (Å²) >= 11 is 11.4. The molecule has 3 nitrogen and oxygen atoms in total. The van der Waals surface area contributed by atoms with Crippen LogP contribution >= 0.6 is 23.2 Å². The lowest BCUT2D eigenvalue weighted by Crippen LogP contribution is -2.21. The van der Waals surface area contributed by atoms with Gasteiger partial charge < -0.3 is 0 Å². The number of aryl methyl sites for hydroxylation is 2. The number of aromatic nitrogens is 2. The van der Waals surface area contributed by atoms with Crippen molar-refractivity contribution in [2.45, 2.75) is 25.8 Å². The van der Waals surface area contributed by atoms with Crippen LogP contribution in [0.15, 0.2) is 41.5 Å². The van der Waals surface area contributed by atoms with Crippen LogP contribution in [0.3, 0.4) is 0 Å². The van der Waals surface area contributed by atoms with Crippen LogP contribution in [0.4, 0.5) is 0 Å². The smallest absolute Gasteiger partial charge is 0.273 e. The van der Waals surface area contributed by atoms with Crippen LogP contribution in [0.5, 0.6) is 0 Å². The lowest BCUT2D eigenvalue weighted by Gasteiger charge is -2.06. The third-order valence-corrected chi connectivity index (χ3v) is 3.62. The summed E-state index contributed by atoms with van der Waals surface area (Å²) < 4.78 is 1.50. The Bertz CT molecular complexity index is 596. The third kappa shape index (κ3) is 3.82. The molecule has 0 aliphatic rings. The molecule has 0 amide bonds. The molecule has 0 spiro atoms. The first-order valence-electron chi connectivity index (χ1n) is 6.13. The molecule has 0 N–H and O–H groups in total. The van der Waals surface area contributed by atoms with E-state index < -0.39 is 0 Å². The molecule has 0 aliphatic heterocycles. The average Bonchev–Trinajstić information content (AvgIpc) is 2.44. The second kappa shape index (κ2) is 6.73. The Kier molecular flexibility index (Phi) is 5.00. The van der Waals surface area contributed by atoms with Crippen LogP contribution in [-0.2, 0) is 13.0 Å². The molecular formula is C14H14Cl2N2O. The van der Waals surface area contributed by atoms with E-state index in [4.69, 9.17) is 23.2 Å². The topological polar surface area (TPSA) is 34.9 Å². The molecule has 19 heavy (non-hydrogen) atoms. The summed E-state index contributed by atoms with van der Waals surface area (Å²) in [5, 5.41) is 0.0550. The molecule has 1 heterocycles. The number of hydrogen-bond donors (Lipinski definition) is 0. The van der Waals surface area contributed by atoms with Gasteiger partial charge in [0.15, 0.2) is 5.15 Å². The van der Waals surface area contributed by atoms with E-state index in [1.165, 1.54) is 16.5 Å². The van der Waals surface area contributed by atoms with Crippen LogP contribution in [0.1, 0.15) is 18.4 Å². The molecule has 0 fully saturated rings. The van der Waals surface area contributed by atoms with E-state index in [0.717, 1.165) is 19.3 Å². The average molecular weight is 297 g/mol. The van der Waals surface area contributed by atoms with Gasteiger partial charge in [0.2, 0.25) is 0 Å². The SMILES string of the molecule is O=c1c(Cl)c(Cl)ncn1CCCCc1ccccc1. The third-order valence-electron chi connectivity index (χ3n) is 2.90. The fourth-order valence-corrected chi connectivity index (χ4v) is 2.14. The minimum atomic E-state index is -0.277. The molecule has 0 saturated heterocycles. The molecule has 0 aliphatic carbocycles. The number of halogens is 2. The van der Waals surface area contributed by atoms with Gasteiger partial charge in [0, 0.05) is 6.54 Å². The predicted octanol–water partition coefficient (Wildman–Crippen LogP) is 3.57. The van der Waals surface area contributed by atoms with Crippen molar-refractivity contribution in [1.29, 1.82) is 0 Å². The Morgan fingerprint density at radius 3 is 2.58 bits per heavy atom. The van der Waals surface area contributed by atoms with Crippen molar-refractivity contribution in [2.75, 3.05) is 0 Å². The second-order valence-electron chi connectivity index (χ2n) is 4.29. The van der Waals surface area contributed by atoms with Crippen LogP contribution in [0.2, 0.25) is 10.2 Å². The van der Waals surface area contributed by atoms with Crippen LogP contribution in [0.25, 0.3) is 0 Å². The van der Waals surface area contributed by atoms with Crippen LogP contribution in [0, 0.1) is 0 Å². The Morgan fingerprint density at radius 1 is 1.11 bits per heavy atom. The molecule has 100 valence electrons. The van der Waals surface area contributed by atoms with Gasteiger partial charge >= 0.3 is 0 Å². The highest BCUT2D eigenvalue weighted by atomic mass is 35.5. The maximum atomic E-state index is 11.8. The van der Waals surface area contributed by atoms with E-state index in [-0.39, 0.29) is 15.7 Å². The first-order chi connectivity index (χ1) is 9.18. The summed E-state index contributed by atoms with van der Waals surface area (Å²) in [6.07, 6.45) is 4.36. The molecule has 2 rings (SSSR count). The van der Waals surface area contributed by atoms with Crippen molar-refractivity contribution in [1.82, 2.24) is 9.55 Å². The van der Waals surface area contributed by atoms with Gasteiger partial charge in [0.1, 0.15) is 5.02 Å². The lowest BCUT2D eigenvalue weighted by molar-refractivity contribution is 0.585. The van der Waals surface area contributed by atoms with E-state index in [0.29, 0.717) is 6.54 Å². The van der Waals surface area contributed by atoms with Crippen LogP contribution in [-0.4, -0.2) is 9.55 Å². The Labute approximate surface area is 121 Å². The molecule has 0 radical (unpaired) electrons. The standard InChI is InChI=1S/C14H14Cl2N2O/c15-12-13(16)17-10-18(14(12)19)9-5-4-8-11-6-2-1-3-7-11/h1-3,6-7,10H,4-5,8-9H2. The number of rotatable bonds is 5. The summed E-state index contributed by atoms with van der Waals surface area (Å²) in [7, 11) is 0. The van der Waals surface area contributed by atoms with E-state index in [1.54, 1.807) is 0 Å². The predicted molar refractivity (Wildman–Crippen MR) is 77.9 cm³/mol. The van der Waals surface area contributed by atoms with Crippen molar-refractivity contribution in [2.24, 2.45) is 0 Å². The fourth-order valence-electron chi connectivity index (χ4n) is 1.86. The first-order valence-corrected chi connectivity index (χ1v) is 6.88. The molecule has 0 unspecified atom stereocenters. The van der Waals surface area contributed by atoms with E-state index in [9.17, 15) is 4.79 Å². The zero-order valence-electron chi connectivity index (χ0n) is 10.4. The van der Waals surface area contributed by atoms with Gasteiger partial charge in [-0.2, -0.15) is 0 Å². The van der Waals surface area contributed by atoms with E-state index in [2.05, 4.69) is 17.1 Å². The van der Waals surface area contributed by atoms with Gasteiger partial charge in [0.25, 0.3) is 5.56 Å². The molecule has 2 aromatic rings. The van der Waals surface area contributed by atoms with Crippen molar-refractivity contribution < 1.29 is 0 Å². The van der Waals surface area contributed by atoms with Gasteiger partial charge in [0.05, 0.1) is 6.33 Å². The second-order valence-corrected chi connectivity index (χ2v) is 5.03. The van der Waals surface area contributed by atoms with Gasteiger partial charge in [-0.15, -0.1) is 0 Å². The maximum absolute atomic E-state index is 11.8. The minimum Gasteiger partial charge on any atom is -0.298 e. The van der Waals surface area contributed by atoms with Crippen molar-refractivity contribution >= 4 is 23.2 Å². The van der Waals surface area contributed by atoms with Gasteiger partial charge in [-0.3, -0.25) is 9.36 Å². The lowest BCUT2D eigenvalue weighted by atomic mass is 10.1. The monoisotopic (exact) mass is 296 g/mol. The maximum Gasteiger partial charge on any atom is 0.273 e. The number of unbranched alkanes of at least 4 members (excludes halogenated alkanes) is 1. The Balaban J connectivity index is 1.87. The van der Waals surface area contributed by atoms with E-state index >= 15 is 0 Å². The summed E-state index contributed by atoms with van der Waals surface area (Å²) in [5.41, 5.74) is 1.03. The zero-order valence-corrected chi connectivity index (χ0v) is 11.9. The fraction of sp³-hybridized carbons (Fsp3) is 0.286. The quantitative estimate of drug-likeness (QED) is 0.624. The summed E-state index contributed by atoms with van der Waals surface area (Å²) in [4.78, 5) is 15.6. The number of nitrogens with zero attached hydrogens (tertiary/aromatic N) is 2. The van der Waals surface area contributed by atoms with Gasteiger partial charge in [-0.05, 0) is 24.8 Å². The number of benzene rings is 1. The highest BCUT2D eigenvalue weighted by Gasteiger charge is 2.06. The van der Waals surface area contributed by atoms with Crippen molar-refractivity contribution in [3.8, 4) is 0 Å². The molecule has 1 aromatic heterocycles. The number of hydrogen-bond acceptors (Lipinski definition) is 2. The molecule has 5 heteroatoms. The zero-order chi connectivity index (χ0) is 13.7. The van der Waals surface area contributed by atoms with Crippen LogP contribution < -0.4 is 5.56 Å². The summed E-state index contributed by atoms with van der Waals surface area (Å²) in [6.45, 7) is 0.607. The summed E-state index contributed by atoms with van der Waals surface area (Å²) in [5.74, 6) is 0. The largest absolute Gasteiger partial charge is 0.298 e. The summed E-state index contributed by atoms with van der Waals surface area (Å²) in [6, 6.07) is 10.3. The Hall–Kier alpha value is -1.32. The molecule has 0 saturated carbocycles. The molecule has 1 aromatic carbocycles. The highest BCUT2D eigenvalue weighted by molar-refractivity contribution is 6.40. The van der Waals surface area contributed by atoms with Crippen molar-refractivity contribution in [3.05, 3.63) is 62.8 Å². The normalized spacial score (nSPS) is 10.6. The molecular weight excluding hydrogens is 283 g/mol. The minimum absolute atomic E-state index is 0.00720. The first kappa shape index (κ1) is 14.1. The molecule has 0 atom stereocenters.